The number of ether oxygens (including phenoxy) is 1. The average molecular weight is 246 g/mol. The number of rotatable bonds is 5. The molecule has 2 rings (SSSR count). The summed E-state index contributed by atoms with van der Waals surface area (Å²) in [6, 6.07) is 10.4. The Labute approximate surface area is 109 Å². The summed E-state index contributed by atoms with van der Waals surface area (Å²) >= 11 is 0. The number of hydrogen-bond donors (Lipinski definition) is 0. The molecule has 0 unspecified atom stereocenters. The van der Waals surface area contributed by atoms with Gasteiger partial charge in [0.15, 0.2) is 0 Å². The highest BCUT2D eigenvalue weighted by Crippen LogP contribution is 2.12. The van der Waals surface area contributed by atoms with Crippen LogP contribution in [0.5, 0.6) is 5.75 Å². The van der Waals surface area contributed by atoms with Gasteiger partial charge in [0, 0.05) is 19.5 Å². The maximum Gasteiger partial charge on any atom is 0.222 e. The Morgan fingerprint density at radius 2 is 2.17 bits per heavy atom. The first-order valence-electron chi connectivity index (χ1n) is 6.73. The van der Waals surface area contributed by atoms with Gasteiger partial charge in [-0.25, -0.2) is 0 Å². The molecule has 1 heterocycles. The maximum absolute atomic E-state index is 11.9. The van der Waals surface area contributed by atoms with Gasteiger partial charge >= 0.3 is 0 Å². The molecule has 18 heavy (non-hydrogen) atoms. The van der Waals surface area contributed by atoms with E-state index in [1.54, 1.807) is 0 Å². The molecule has 97 valence electrons. The summed E-state index contributed by atoms with van der Waals surface area (Å²) in [5.41, 5.74) is 0. The van der Waals surface area contributed by atoms with E-state index >= 15 is 0 Å². The lowest BCUT2D eigenvalue weighted by atomic mass is 10.1. The maximum atomic E-state index is 11.9. The molecule has 3 heteroatoms. The van der Waals surface area contributed by atoms with Gasteiger partial charge in [0.25, 0.3) is 0 Å². The van der Waals surface area contributed by atoms with Crippen LogP contribution in [0.2, 0.25) is 0 Å². The fourth-order valence-corrected chi connectivity index (χ4v) is 2.18. The number of nitrogens with zero attached hydrogens (tertiary/aromatic N) is 1. The summed E-state index contributed by atoms with van der Waals surface area (Å²) in [5.74, 6) is 1.10. The molecule has 1 amide bonds. The topological polar surface area (TPSA) is 29.5 Å². The number of carbonyl (C=O) groups is 1. The van der Waals surface area contributed by atoms with Crippen LogP contribution < -0.4 is 4.74 Å². The van der Waals surface area contributed by atoms with E-state index in [1.165, 1.54) is 6.42 Å². The Hall–Kier alpha value is -1.51. The Bertz CT molecular complexity index is 358. The van der Waals surface area contributed by atoms with Crippen LogP contribution in [0.15, 0.2) is 24.3 Å². The molecule has 1 aromatic carbocycles. The highest BCUT2D eigenvalue weighted by molar-refractivity contribution is 5.76. The van der Waals surface area contributed by atoms with E-state index in [9.17, 15) is 4.79 Å². The molecule has 0 bridgehead atoms. The summed E-state index contributed by atoms with van der Waals surface area (Å²) < 4.78 is 5.54. The summed E-state index contributed by atoms with van der Waals surface area (Å²) in [5, 5.41) is 0. The number of amides is 1. The van der Waals surface area contributed by atoms with Crippen LogP contribution >= 0.6 is 0 Å². The van der Waals surface area contributed by atoms with Crippen molar-refractivity contribution in [3.05, 3.63) is 30.3 Å². The van der Waals surface area contributed by atoms with E-state index in [1.807, 2.05) is 29.2 Å². The number of benzene rings is 1. The fourth-order valence-electron chi connectivity index (χ4n) is 2.18. The van der Waals surface area contributed by atoms with Gasteiger partial charge in [0.2, 0.25) is 5.91 Å². The summed E-state index contributed by atoms with van der Waals surface area (Å²) in [6.07, 6.45) is 4.95. The smallest absolute Gasteiger partial charge is 0.222 e. The molecule has 1 aliphatic rings. The molecule has 1 saturated heterocycles. The summed E-state index contributed by atoms with van der Waals surface area (Å²) in [6.45, 7) is 2.47. The summed E-state index contributed by atoms with van der Waals surface area (Å²) in [7, 11) is 0. The zero-order valence-corrected chi connectivity index (χ0v) is 10.7. The summed E-state index contributed by atoms with van der Waals surface area (Å²) in [4.78, 5) is 13.9. The minimum absolute atomic E-state index is 0.276. The standard InChI is InChI=1S/C15H20NO2/c17-15(16-11-5-2-6-12-16)10-7-13-18-14-8-3-1-4-9-14/h1,3,8-9H,2,5-7,10-13H2. The molecule has 0 N–H and O–H groups in total. The van der Waals surface area contributed by atoms with Crippen molar-refractivity contribution >= 4 is 5.91 Å². The number of carbonyl (C=O) groups excluding carboxylic acids is 1. The Balaban J connectivity index is 1.61. The second-order valence-electron chi connectivity index (χ2n) is 4.63. The van der Waals surface area contributed by atoms with Crippen molar-refractivity contribution in [1.82, 2.24) is 4.90 Å². The largest absolute Gasteiger partial charge is 0.494 e. The van der Waals surface area contributed by atoms with Gasteiger partial charge in [-0.1, -0.05) is 12.1 Å². The van der Waals surface area contributed by atoms with Gasteiger partial charge in [-0.05, 0) is 43.9 Å². The Kier molecular flexibility index (Phi) is 5.06. The van der Waals surface area contributed by atoms with Crippen LogP contribution in [-0.4, -0.2) is 30.5 Å². The SMILES string of the molecule is O=C(CCCOc1c[c]ccc1)N1CCCCC1. The third-order valence-electron chi connectivity index (χ3n) is 3.19. The van der Waals surface area contributed by atoms with Gasteiger partial charge in [-0.15, -0.1) is 0 Å². The molecule has 0 spiro atoms. The van der Waals surface area contributed by atoms with Crippen LogP contribution in [0.1, 0.15) is 32.1 Å². The van der Waals surface area contributed by atoms with Crippen molar-refractivity contribution in [3.63, 3.8) is 0 Å². The predicted molar refractivity (Wildman–Crippen MR) is 70.4 cm³/mol. The number of hydrogen-bond acceptors (Lipinski definition) is 2. The molecule has 0 aromatic heterocycles. The molecule has 3 nitrogen and oxygen atoms in total. The van der Waals surface area contributed by atoms with Crippen LogP contribution in [0.25, 0.3) is 0 Å². The van der Waals surface area contributed by atoms with Gasteiger partial charge in [-0.2, -0.15) is 0 Å². The zero-order valence-electron chi connectivity index (χ0n) is 10.7. The molecule has 1 fully saturated rings. The highest BCUT2D eigenvalue weighted by atomic mass is 16.5. The fraction of sp³-hybridized carbons (Fsp3) is 0.533. The van der Waals surface area contributed by atoms with Crippen molar-refractivity contribution in [2.75, 3.05) is 19.7 Å². The molecule has 0 aliphatic carbocycles. The molecule has 0 saturated carbocycles. The lowest BCUT2D eigenvalue weighted by molar-refractivity contribution is -0.132. The van der Waals surface area contributed by atoms with Gasteiger partial charge in [0.1, 0.15) is 5.75 Å². The molecule has 0 atom stereocenters. The number of likely N-dealkylation sites (tertiary alicyclic amines) is 1. The predicted octanol–water partition coefficient (Wildman–Crippen LogP) is 2.66. The second kappa shape index (κ2) is 7.04. The first-order valence-corrected chi connectivity index (χ1v) is 6.73. The second-order valence-corrected chi connectivity index (χ2v) is 4.63. The quantitative estimate of drug-likeness (QED) is 0.747. The van der Waals surface area contributed by atoms with Crippen LogP contribution in [0.3, 0.4) is 0 Å². The first kappa shape index (κ1) is 12.9. The minimum Gasteiger partial charge on any atom is -0.494 e. The Morgan fingerprint density at radius 1 is 1.33 bits per heavy atom. The van der Waals surface area contributed by atoms with Crippen molar-refractivity contribution in [3.8, 4) is 5.75 Å². The van der Waals surface area contributed by atoms with Gasteiger partial charge < -0.3 is 9.64 Å². The minimum atomic E-state index is 0.276. The first-order chi connectivity index (χ1) is 8.86. The van der Waals surface area contributed by atoms with E-state index in [0.29, 0.717) is 13.0 Å². The van der Waals surface area contributed by atoms with E-state index in [-0.39, 0.29) is 5.91 Å². The monoisotopic (exact) mass is 246 g/mol. The van der Waals surface area contributed by atoms with Crippen molar-refractivity contribution in [1.29, 1.82) is 0 Å². The third-order valence-corrected chi connectivity index (χ3v) is 3.19. The van der Waals surface area contributed by atoms with Crippen LogP contribution in [-0.2, 0) is 4.79 Å². The van der Waals surface area contributed by atoms with E-state index in [2.05, 4.69) is 6.07 Å². The zero-order chi connectivity index (χ0) is 12.6. The van der Waals surface area contributed by atoms with Gasteiger partial charge in [0.05, 0.1) is 6.61 Å². The van der Waals surface area contributed by atoms with Crippen molar-refractivity contribution < 1.29 is 9.53 Å². The van der Waals surface area contributed by atoms with E-state index in [4.69, 9.17) is 4.74 Å². The average Bonchev–Trinajstić information content (AvgIpc) is 2.45. The molecule has 1 aromatic rings. The van der Waals surface area contributed by atoms with Crippen LogP contribution in [0.4, 0.5) is 0 Å². The number of piperidine rings is 1. The van der Waals surface area contributed by atoms with E-state index in [0.717, 1.165) is 38.1 Å². The van der Waals surface area contributed by atoms with Crippen molar-refractivity contribution in [2.45, 2.75) is 32.1 Å². The Morgan fingerprint density at radius 3 is 2.89 bits per heavy atom. The van der Waals surface area contributed by atoms with Crippen molar-refractivity contribution in [2.24, 2.45) is 0 Å². The molecular formula is C15H20NO2. The van der Waals surface area contributed by atoms with Gasteiger partial charge in [-0.3, -0.25) is 4.79 Å². The third kappa shape index (κ3) is 4.06. The normalized spacial score (nSPS) is 15.4. The molecule has 1 aliphatic heterocycles. The lowest BCUT2D eigenvalue weighted by Gasteiger charge is -2.26. The highest BCUT2D eigenvalue weighted by Gasteiger charge is 2.15. The van der Waals surface area contributed by atoms with E-state index < -0.39 is 0 Å². The van der Waals surface area contributed by atoms with Crippen LogP contribution in [0, 0.1) is 6.07 Å². The molecule has 1 radical (unpaired) electrons. The molecular weight excluding hydrogens is 226 g/mol. The lowest BCUT2D eigenvalue weighted by Crippen LogP contribution is -2.35.